The Labute approximate surface area is 242 Å². The molecule has 1 aliphatic heterocycles. The number of piperazine rings is 1. The smallest absolute Gasteiger partial charge is 0.410 e. The van der Waals surface area contributed by atoms with Crippen molar-refractivity contribution in [3.8, 4) is 0 Å². The van der Waals surface area contributed by atoms with Gasteiger partial charge in [0.2, 0.25) is 0 Å². The number of nitrogens with zero attached hydrogens (tertiary/aromatic N) is 4. The maximum absolute atomic E-state index is 15.2. The van der Waals surface area contributed by atoms with Crippen LogP contribution in [0.15, 0.2) is 90.0 Å². The fourth-order valence-corrected chi connectivity index (χ4v) is 5.07. The van der Waals surface area contributed by atoms with Gasteiger partial charge in [-0.3, -0.25) is 0 Å². The summed E-state index contributed by atoms with van der Waals surface area (Å²) in [7, 11) is 0. The second-order valence-corrected chi connectivity index (χ2v) is 11.4. The first-order valence-electron chi connectivity index (χ1n) is 14.0. The van der Waals surface area contributed by atoms with Crippen LogP contribution in [0.2, 0.25) is 0 Å². The second kappa shape index (κ2) is 12.5. The lowest BCUT2D eigenvalue weighted by atomic mass is 9.91. The van der Waals surface area contributed by atoms with E-state index < -0.39 is 5.60 Å². The average molecular weight is 555 g/mol. The number of hydrogen-bond donors (Lipinski definition) is 0. The molecule has 7 heteroatoms. The Hall–Kier alpha value is -4.22. The minimum atomic E-state index is -0.569. The van der Waals surface area contributed by atoms with E-state index in [0.29, 0.717) is 43.0 Å². The van der Waals surface area contributed by atoms with Crippen LogP contribution >= 0.6 is 0 Å². The van der Waals surface area contributed by atoms with Gasteiger partial charge in [-0.1, -0.05) is 49.1 Å². The van der Waals surface area contributed by atoms with E-state index in [1.807, 2.05) is 71.1 Å². The van der Waals surface area contributed by atoms with E-state index in [4.69, 9.17) is 14.7 Å². The van der Waals surface area contributed by atoms with E-state index in [-0.39, 0.29) is 18.0 Å². The molecule has 1 aliphatic carbocycles. The number of allylic oxidation sites excluding steroid dienone is 7. The molecule has 0 N–H and O–H groups in total. The topological polar surface area (TPSA) is 58.6 Å². The van der Waals surface area contributed by atoms with Gasteiger partial charge in [-0.2, -0.15) is 0 Å². The third kappa shape index (κ3) is 7.11. The van der Waals surface area contributed by atoms with Crippen molar-refractivity contribution in [3.05, 3.63) is 113 Å². The Morgan fingerprint density at radius 2 is 1.93 bits per heavy atom. The van der Waals surface area contributed by atoms with Crippen molar-refractivity contribution in [2.24, 2.45) is 0 Å². The Morgan fingerprint density at radius 3 is 2.61 bits per heavy atom. The first-order chi connectivity index (χ1) is 19.5. The maximum atomic E-state index is 15.2. The van der Waals surface area contributed by atoms with Gasteiger partial charge in [-0.15, -0.1) is 5.73 Å². The summed E-state index contributed by atoms with van der Waals surface area (Å²) in [5.41, 5.74) is 8.28. The molecular weight excluding hydrogens is 515 g/mol. The van der Waals surface area contributed by atoms with Crippen molar-refractivity contribution in [1.29, 1.82) is 0 Å². The number of rotatable bonds is 6. The number of carbonyl (C=O) groups is 1. The predicted molar refractivity (Wildman–Crippen MR) is 163 cm³/mol. The van der Waals surface area contributed by atoms with Crippen molar-refractivity contribution in [2.45, 2.75) is 59.6 Å². The molecule has 41 heavy (non-hydrogen) atoms. The molecule has 2 heterocycles. The zero-order valence-electron chi connectivity index (χ0n) is 24.9. The summed E-state index contributed by atoms with van der Waals surface area (Å²) in [4.78, 5) is 26.2. The predicted octanol–water partition coefficient (Wildman–Crippen LogP) is 7.21. The lowest BCUT2D eigenvalue weighted by molar-refractivity contribution is 0.0218. The number of hydrogen-bond acceptors (Lipinski definition) is 5. The SMILES string of the molecule is C=C(Cc1ncnc(N2CCN(C(=O)OC(C)(C)C)C[C@@H]2C)c1/C(=C\C)c1ccccc1F)C1=C=C(C)C=CC=C1. The first-order valence-corrected chi connectivity index (χ1v) is 14.0. The molecule has 0 unspecified atom stereocenters. The van der Waals surface area contributed by atoms with Crippen LogP contribution in [0.25, 0.3) is 5.57 Å². The Balaban J connectivity index is 1.76. The summed E-state index contributed by atoms with van der Waals surface area (Å²) in [6, 6.07) is 6.68. The normalized spacial score (nSPS) is 17.6. The van der Waals surface area contributed by atoms with E-state index in [0.717, 1.165) is 28.0 Å². The Bertz CT molecular complexity index is 1490. The van der Waals surface area contributed by atoms with Crippen LogP contribution < -0.4 is 4.90 Å². The quantitative estimate of drug-likeness (QED) is 0.353. The van der Waals surface area contributed by atoms with Gasteiger partial charge in [0, 0.05) is 48.8 Å². The number of amides is 1. The van der Waals surface area contributed by atoms with E-state index in [9.17, 15) is 4.79 Å². The lowest BCUT2D eigenvalue weighted by Gasteiger charge is -2.41. The third-order valence-electron chi connectivity index (χ3n) is 6.99. The number of halogens is 1. The molecule has 0 spiro atoms. The number of benzene rings is 1. The molecule has 2 aliphatic rings. The van der Waals surface area contributed by atoms with Crippen molar-refractivity contribution >= 4 is 17.5 Å². The van der Waals surface area contributed by atoms with Crippen molar-refractivity contribution < 1.29 is 13.9 Å². The zero-order chi connectivity index (χ0) is 29.7. The van der Waals surface area contributed by atoms with Gasteiger partial charge < -0.3 is 14.5 Å². The molecule has 0 bridgehead atoms. The van der Waals surface area contributed by atoms with Crippen LogP contribution in [-0.2, 0) is 11.2 Å². The Morgan fingerprint density at radius 1 is 1.20 bits per heavy atom. The molecule has 0 saturated carbocycles. The summed E-state index contributed by atoms with van der Waals surface area (Å²) >= 11 is 0. The van der Waals surface area contributed by atoms with Gasteiger partial charge in [0.1, 0.15) is 23.6 Å². The molecule has 2 aromatic rings. The van der Waals surface area contributed by atoms with E-state index in [2.05, 4.69) is 24.1 Å². The van der Waals surface area contributed by atoms with Gasteiger partial charge in [0.15, 0.2) is 0 Å². The van der Waals surface area contributed by atoms with Crippen LogP contribution in [0.3, 0.4) is 0 Å². The highest BCUT2D eigenvalue weighted by atomic mass is 19.1. The van der Waals surface area contributed by atoms with E-state index >= 15 is 4.39 Å². The third-order valence-corrected chi connectivity index (χ3v) is 6.99. The van der Waals surface area contributed by atoms with Crippen molar-refractivity contribution in [2.75, 3.05) is 24.5 Å². The van der Waals surface area contributed by atoms with Gasteiger partial charge in [-0.25, -0.2) is 19.2 Å². The van der Waals surface area contributed by atoms with Crippen LogP contribution in [0.5, 0.6) is 0 Å². The highest BCUT2D eigenvalue weighted by molar-refractivity contribution is 5.87. The largest absolute Gasteiger partial charge is 0.444 e. The molecule has 1 saturated heterocycles. The molecule has 1 atom stereocenters. The van der Waals surface area contributed by atoms with Gasteiger partial charge in [0.25, 0.3) is 0 Å². The monoisotopic (exact) mass is 554 g/mol. The number of anilines is 1. The van der Waals surface area contributed by atoms with E-state index in [1.165, 1.54) is 6.07 Å². The summed E-state index contributed by atoms with van der Waals surface area (Å²) < 4.78 is 20.8. The van der Waals surface area contributed by atoms with Crippen molar-refractivity contribution in [1.82, 2.24) is 14.9 Å². The van der Waals surface area contributed by atoms with Crippen LogP contribution in [0, 0.1) is 5.82 Å². The van der Waals surface area contributed by atoms with Crippen LogP contribution in [-0.4, -0.2) is 52.2 Å². The Kier molecular flexibility index (Phi) is 9.09. The van der Waals surface area contributed by atoms with Gasteiger partial charge >= 0.3 is 6.09 Å². The lowest BCUT2D eigenvalue weighted by Crippen LogP contribution is -2.55. The molecule has 6 nitrogen and oxygen atoms in total. The number of carbonyl (C=O) groups excluding carboxylic acids is 1. The number of ether oxygens (including phenoxy) is 1. The van der Waals surface area contributed by atoms with Gasteiger partial charge in [0.05, 0.1) is 5.69 Å². The zero-order valence-corrected chi connectivity index (χ0v) is 24.9. The highest BCUT2D eigenvalue weighted by Crippen LogP contribution is 2.36. The molecule has 1 aromatic heterocycles. The molecule has 0 radical (unpaired) electrons. The summed E-state index contributed by atoms with van der Waals surface area (Å²) in [5, 5.41) is 0. The summed E-state index contributed by atoms with van der Waals surface area (Å²) in [6.45, 7) is 17.4. The fraction of sp³-hybridized carbons (Fsp3) is 0.353. The minimum absolute atomic E-state index is 0.0659. The molecule has 1 aromatic carbocycles. The minimum Gasteiger partial charge on any atom is -0.444 e. The number of aromatic nitrogens is 2. The standard InChI is InChI=1S/C34H39FN4O2/c1-8-27(28-15-11-12-16-29(28)35)31-30(20-24(3)26-14-10-9-13-23(2)19-26)36-22-37-32(31)39-18-17-38(21-25(39)4)33(40)41-34(5,6)7/h8-16,22,25H,3,17-18,20-21H2,1-2,4-7H3/b27-8-/t25-/m0/s1. The average Bonchev–Trinajstić information content (AvgIpc) is 3.14. The first kappa shape index (κ1) is 29.8. The summed E-state index contributed by atoms with van der Waals surface area (Å²) in [6.07, 6.45) is 11.5. The second-order valence-electron chi connectivity index (χ2n) is 11.4. The van der Waals surface area contributed by atoms with E-state index in [1.54, 1.807) is 23.4 Å². The fourth-order valence-electron chi connectivity index (χ4n) is 5.07. The molecular formula is C34H39FN4O2. The molecule has 1 fully saturated rings. The van der Waals surface area contributed by atoms with Gasteiger partial charge in [-0.05, 0) is 70.4 Å². The van der Waals surface area contributed by atoms with Crippen molar-refractivity contribution in [3.63, 3.8) is 0 Å². The summed E-state index contributed by atoms with van der Waals surface area (Å²) in [5.74, 6) is 0.385. The molecule has 4 rings (SSSR count). The highest BCUT2D eigenvalue weighted by Gasteiger charge is 2.33. The molecule has 1 amide bonds. The van der Waals surface area contributed by atoms with Crippen LogP contribution in [0.1, 0.15) is 58.4 Å². The molecule has 214 valence electrons. The maximum Gasteiger partial charge on any atom is 0.410 e. The van der Waals surface area contributed by atoms with Crippen LogP contribution in [0.4, 0.5) is 15.0 Å².